The summed E-state index contributed by atoms with van der Waals surface area (Å²) in [6.45, 7) is 2.13. The van der Waals surface area contributed by atoms with Crippen molar-refractivity contribution >= 4 is 34.8 Å². The minimum atomic E-state index is -0.107. The first-order chi connectivity index (χ1) is 8.56. The number of nitrogens with zero attached hydrogens (tertiary/aromatic N) is 1. The Morgan fingerprint density at radius 1 is 1.22 bits per heavy atom. The van der Waals surface area contributed by atoms with Gasteiger partial charge in [-0.05, 0) is 24.6 Å². The molecule has 1 aromatic carbocycles. The molecule has 1 rings (SSSR count). The van der Waals surface area contributed by atoms with Crippen LogP contribution in [0.3, 0.4) is 0 Å². The van der Waals surface area contributed by atoms with Crippen molar-refractivity contribution in [1.29, 1.82) is 0 Å². The lowest BCUT2D eigenvalue weighted by atomic mass is 10.1. The number of halogens is 2. The SMILES string of the molecule is CCCCCCC(=O)N(N)c1ccc(Cl)c(Cl)c1. The molecule has 3 nitrogen and oxygen atoms in total. The van der Waals surface area contributed by atoms with E-state index in [9.17, 15) is 4.79 Å². The molecule has 0 heterocycles. The maximum Gasteiger partial charge on any atom is 0.241 e. The first-order valence-corrected chi connectivity index (χ1v) is 6.84. The number of amides is 1. The highest BCUT2D eigenvalue weighted by Crippen LogP contribution is 2.26. The maximum absolute atomic E-state index is 11.8. The third kappa shape index (κ3) is 4.48. The smallest absolute Gasteiger partial charge is 0.241 e. The summed E-state index contributed by atoms with van der Waals surface area (Å²) in [7, 11) is 0. The molecule has 0 spiro atoms. The molecule has 0 aliphatic rings. The fourth-order valence-corrected chi connectivity index (χ4v) is 1.89. The van der Waals surface area contributed by atoms with Gasteiger partial charge < -0.3 is 0 Å². The molecule has 5 heteroatoms. The van der Waals surface area contributed by atoms with Crippen molar-refractivity contribution < 1.29 is 4.79 Å². The molecule has 0 aliphatic heterocycles. The Kier molecular flexibility index (Phi) is 6.47. The highest BCUT2D eigenvalue weighted by molar-refractivity contribution is 6.42. The van der Waals surface area contributed by atoms with Crippen molar-refractivity contribution in [3.8, 4) is 0 Å². The van der Waals surface area contributed by atoms with Gasteiger partial charge in [-0.3, -0.25) is 4.79 Å². The molecule has 0 bridgehead atoms. The Balaban J connectivity index is 2.54. The van der Waals surface area contributed by atoms with Gasteiger partial charge in [-0.25, -0.2) is 10.9 Å². The summed E-state index contributed by atoms with van der Waals surface area (Å²) < 4.78 is 0. The largest absolute Gasteiger partial charge is 0.273 e. The molecule has 0 radical (unpaired) electrons. The number of unbranched alkanes of at least 4 members (excludes halogenated alkanes) is 3. The predicted octanol–water partition coefficient (Wildman–Crippen LogP) is 4.17. The van der Waals surface area contributed by atoms with Gasteiger partial charge in [-0.1, -0.05) is 49.4 Å². The van der Waals surface area contributed by atoms with Crippen LogP contribution in [0.4, 0.5) is 5.69 Å². The summed E-state index contributed by atoms with van der Waals surface area (Å²) in [5, 5.41) is 1.97. The molecule has 0 saturated carbocycles. The molecular weight excluding hydrogens is 271 g/mol. The van der Waals surface area contributed by atoms with Crippen molar-refractivity contribution in [3.63, 3.8) is 0 Å². The molecule has 100 valence electrons. The summed E-state index contributed by atoms with van der Waals surface area (Å²) >= 11 is 11.7. The first-order valence-electron chi connectivity index (χ1n) is 6.09. The van der Waals surface area contributed by atoms with E-state index in [0.717, 1.165) is 30.7 Å². The number of hydrogen-bond acceptors (Lipinski definition) is 2. The normalized spacial score (nSPS) is 10.4. The summed E-state index contributed by atoms with van der Waals surface area (Å²) in [4.78, 5) is 11.8. The van der Waals surface area contributed by atoms with Crippen LogP contribution in [0.2, 0.25) is 10.0 Å². The zero-order valence-corrected chi connectivity index (χ0v) is 12.0. The molecule has 0 saturated heterocycles. The highest BCUT2D eigenvalue weighted by Gasteiger charge is 2.12. The molecular formula is C13H18Cl2N2O. The van der Waals surface area contributed by atoms with Gasteiger partial charge in [-0.15, -0.1) is 0 Å². The third-order valence-electron chi connectivity index (χ3n) is 2.69. The van der Waals surface area contributed by atoms with E-state index < -0.39 is 0 Å². The topological polar surface area (TPSA) is 46.3 Å². The van der Waals surface area contributed by atoms with Gasteiger partial charge in [0.2, 0.25) is 5.91 Å². The molecule has 0 atom stereocenters. The number of carbonyl (C=O) groups is 1. The van der Waals surface area contributed by atoms with Crippen LogP contribution in [0.25, 0.3) is 0 Å². The minimum absolute atomic E-state index is 0.107. The van der Waals surface area contributed by atoms with Gasteiger partial charge in [0.15, 0.2) is 0 Å². The van der Waals surface area contributed by atoms with E-state index in [2.05, 4.69) is 6.92 Å². The molecule has 1 amide bonds. The Morgan fingerprint density at radius 3 is 2.56 bits per heavy atom. The minimum Gasteiger partial charge on any atom is -0.273 e. The van der Waals surface area contributed by atoms with E-state index in [1.165, 1.54) is 0 Å². The number of hydrogen-bond donors (Lipinski definition) is 1. The number of hydrazine groups is 1. The van der Waals surface area contributed by atoms with Crippen molar-refractivity contribution in [3.05, 3.63) is 28.2 Å². The number of nitrogens with two attached hydrogens (primary N) is 1. The van der Waals surface area contributed by atoms with Crippen molar-refractivity contribution in [2.24, 2.45) is 5.84 Å². The Bertz CT molecular complexity index is 410. The van der Waals surface area contributed by atoms with E-state index in [4.69, 9.17) is 29.0 Å². The second kappa shape index (κ2) is 7.62. The van der Waals surface area contributed by atoms with E-state index in [-0.39, 0.29) is 5.91 Å². The number of carbonyl (C=O) groups excluding carboxylic acids is 1. The zero-order valence-electron chi connectivity index (χ0n) is 10.5. The molecule has 0 aliphatic carbocycles. The van der Waals surface area contributed by atoms with Crippen molar-refractivity contribution in [2.45, 2.75) is 39.0 Å². The van der Waals surface area contributed by atoms with Crippen LogP contribution in [-0.4, -0.2) is 5.91 Å². The van der Waals surface area contributed by atoms with Gasteiger partial charge in [-0.2, -0.15) is 0 Å². The summed E-state index contributed by atoms with van der Waals surface area (Å²) in [6.07, 6.45) is 4.66. The van der Waals surface area contributed by atoms with E-state index >= 15 is 0 Å². The molecule has 18 heavy (non-hydrogen) atoms. The molecule has 0 unspecified atom stereocenters. The van der Waals surface area contributed by atoms with Crippen LogP contribution in [-0.2, 0) is 4.79 Å². The first kappa shape index (κ1) is 15.3. The van der Waals surface area contributed by atoms with Crippen LogP contribution in [0.15, 0.2) is 18.2 Å². The van der Waals surface area contributed by atoms with Crippen LogP contribution in [0, 0.1) is 0 Å². The van der Waals surface area contributed by atoms with E-state index in [0.29, 0.717) is 22.2 Å². The molecule has 0 fully saturated rings. The Morgan fingerprint density at radius 2 is 1.94 bits per heavy atom. The van der Waals surface area contributed by atoms with E-state index in [1.807, 2.05) is 0 Å². The van der Waals surface area contributed by atoms with Crippen LogP contribution in [0.5, 0.6) is 0 Å². The Labute approximate surface area is 118 Å². The second-order valence-corrected chi connectivity index (χ2v) is 4.99. The lowest BCUT2D eigenvalue weighted by Crippen LogP contribution is -2.37. The van der Waals surface area contributed by atoms with Crippen molar-refractivity contribution in [1.82, 2.24) is 0 Å². The van der Waals surface area contributed by atoms with Crippen LogP contribution in [0.1, 0.15) is 39.0 Å². The van der Waals surface area contributed by atoms with Crippen LogP contribution >= 0.6 is 23.2 Å². The number of rotatable bonds is 6. The number of anilines is 1. The average Bonchev–Trinajstić information content (AvgIpc) is 2.37. The van der Waals surface area contributed by atoms with E-state index in [1.54, 1.807) is 18.2 Å². The van der Waals surface area contributed by atoms with Crippen molar-refractivity contribution in [2.75, 3.05) is 5.01 Å². The lowest BCUT2D eigenvalue weighted by molar-refractivity contribution is -0.118. The molecule has 0 aromatic heterocycles. The fourth-order valence-electron chi connectivity index (χ4n) is 1.60. The van der Waals surface area contributed by atoms with Gasteiger partial charge in [0, 0.05) is 6.42 Å². The monoisotopic (exact) mass is 288 g/mol. The van der Waals surface area contributed by atoms with Gasteiger partial charge in [0.1, 0.15) is 0 Å². The quantitative estimate of drug-likeness (QED) is 0.370. The predicted molar refractivity (Wildman–Crippen MR) is 76.9 cm³/mol. The maximum atomic E-state index is 11.8. The third-order valence-corrected chi connectivity index (χ3v) is 3.43. The summed E-state index contributed by atoms with van der Waals surface area (Å²) in [5.41, 5.74) is 0.560. The van der Waals surface area contributed by atoms with Gasteiger partial charge in [0.05, 0.1) is 15.7 Å². The molecule has 2 N–H and O–H groups in total. The Hall–Kier alpha value is -0.770. The summed E-state index contributed by atoms with van der Waals surface area (Å²) in [6, 6.07) is 4.90. The van der Waals surface area contributed by atoms with Gasteiger partial charge in [0.25, 0.3) is 0 Å². The fraction of sp³-hybridized carbons (Fsp3) is 0.462. The lowest BCUT2D eigenvalue weighted by Gasteiger charge is -2.17. The zero-order chi connectivity index (χ0) is 13.5. The second-order valence-electron chi connectivity index (χ2n) is 4.17. The highest BCUT2D eigenvalue weighted by atomic mass is 35.5. The average molecular weight is 289 g/mol. The van der Waals surface area contributed by atoms with Crippen LogP contribution < -0.4 is 10.9 Å². The standard InChI is InChI=1S/C13H18Cl2N2O/c1-2-3-4-5-6-13(18)17(16)10-7-8-11(14)12(15)9-10/h7-9H,2-6,16H2,1H3. The van der Waals surface area contributed by atoms with Gasteiger partial charge >= 0.3 is 0 Å². The summed E-state index contributed by atoms with van der Waals surface area (Å²) in [5.74, 6) is 5.65. The number of benzene rings is 1. The molecule has 1 aromatic rings.